The van der Waals surface area contributed by atoms with Gasteiger partial charge >= 0.3 is 12.3 Å². The fourth-order valence-corrected chi connectivity index (χ4v) is 3.65. The molecule has 0 N–H and O–H groups in total. The van der Waals surface area contributed by atoms with Gasteiger partial charge < -0.3 is 4.40 Å². The van der Waals surface area contributed by atoms with Crippen molar-refractivity contribution in [1.29, 1.82) is 0 Å². The zero-order chi connectivity index (χ0) is 19.1. The van der Waals surface area contributed by atoms with Gasteiger partial charge in [-0.3, -0.25) is 0 Å². The third-order valence-electron chi connectivity index (χ3n) is 3.99. The van der Waals surface area contributed by atoms with Gasteiger partial charge in [-0.2, -0.15) is 8.78 Å². The van der Waals surface area contributed by atoms with Crippen molar-refractivity contribution in [2.45, 2.75) is 24.2 Å². The van der Waals surface area contributed by atoms with Gasteiger partial charge in [-0.05, 0) is 18.2 Å². The Labute approximate surface area is 147 Å². The number of hydrogen-bond donors (Lipinski definition) is 0. The summed E-state index contributed by atoms with van der Waals surface area (Å²) in [6, 6.07) is 8.26. The van der Waals surface area contributed by atoms with E-state index in [4.69, 9.17) is 0 Å². The molecule has 4 nitrogen and oxygen atoms in total. The molecule has 2 aromatic heterocycles. The Morgan fingerprint density at radius 1 is 1.12 bits per heavy atom. The minimum absolute atomic E-state index is 0.0732. The van der Waals surface area contributed by atoms with Crippen LogP contribution < -0.4 is 0 Å². The van der Waals surface area contributed by atoms with Crippen LogP contribution in [0.4, 0.5) is 17.6 Å². The summed E-state index contributed by atoms with van der Waals surface area (Å²) in [5.41, 5.74) is -0.0497. The van der Waals surface area contributed by atoms with E-state index < -0.39 is 27.7 Å². The van der Waals surface area contributed by atoms with E-state index >= 15 is 0 Å². The molecule has 3 rings (SSSR count). The molecule has 0 saturated heterocycles. The van der Waals surface area contributed by atoms with E-state index in [0.29, 0.717) is 5.56 Å². The van der Waals surface area contributed by atoms with Gasteiger partial charge in [0, 0.05) is 23.5 Å². The van der Waals surface area contributed by atoms with Gasteiger partial charge in [0.2, 0.25) is 0 Å². The SMILES string of the molecule is CCS(=O)(=O)c1ccccc1-c1cn2cc(C(F)(F)C(F)F)ccc2n1. The Hall–Kier alpha value is -2.42. The smallest absolute Gasteiger partial charge is 0.306 e. The largest absolute Gasteiger partial charge is 0.334 e. The van der Waals surface area contributed by atoms with Crippen LogP contribution in [0.15, 0.2) is 53.7 Å². The lowest BCUT2D eigenvalue weighted by Crippen LogP contribution is -2.23. The van der Waals surface area contributed by atoms with Crippen molar-refractivity contribution in [3.8, 4) is 11.3 Å². The van der Waals surface area contributed by atoms with E-state index in [2.05, 4.69) is 4.98 Å². The van der Waals surface area contributed by atoms with Crippen LogP contribution in [0.3, 0.4) is 0 Å². The second-order valence-corrected chi connectivity index (χ2v) is 7.88. The number of alkyl halides is 4. The molecule has 0 aliphatic heterocycles. The van der Waals surface area contributed by atoms with Gasteiger partial charge in [-0.1, -0.05) is 25.1 Å². The first-order valence-electron chi connectivity index (χ1n) is 7.64. The highest BCUT2D eigenvalue weighted by Crippen LogP contribution is 2.35. The van der Waals surface area contributed by atoms with Crippen molar-refractivity contribution in [1.82, 2.24) is 9.38 Å². The predicted molar refractivity (Wildman–Crippen MR) is 88.3 cm³/mol. The number of halogens is 4. The maximum Gasteiger partial charge on any atom is 0.334 e. The van der Waals surface area contributed by atoms with Crippen LogP contribution in [0.25, 0.3) is 16.9 Å². The number of sulfone groups is 1. The molecule has 0 saturated carbocycles. The Balaban J connectivity index is 2.15. The molecule has 3 aromatic rings. The van der Waals surface area contributed by atoms with Gasteiger partial charge in [0.05, 0.1) is 16.3 Å². The molecule has 2 heterocycles. The maximum absolute atomic E-state index is 13.5. The standard InChI is InChI=1S/C17H14F4N2O2S/c1-2-26(24,25)14-6-4-3-5-12(14)13-10-23-9-11(7-8-15(23)22-13)17(20,21)16(18)19/h3-10,16H,2H2,1H3. The van der Waals surface area contributed by atoms with Crippen molar-refractivity contribution in [3.63, 3.8) is 0 Å². The number of fused-ring (bicyclic) bond motifs is 1. The molecule has 0 aliphatic carbocycles. The molecule has 0 amide bonds. The minimum Gasteiger partial charge on any atom is -0.306 e. The average molecular weight is 386 g/mol. The third kappa shape index (κ3) is 3.07. The van der Waals surface area contributed by atoms with Crippen LogP contribution in [0.2, 0.25) is 0 Å². The molecular formula is C17H14F4N2O2S. The average Bonchev–Trinajstić information content (AvgIpc) is 3.04. The highest BCUT2D eigenvalue weighted by Gasteiger charge is 2.43. The van der Waals surface area contributed by atoms with Crippen LogP contribution in [0, 0.1) is 0 Å². The van der Waals surface area contributed by atoms with Gasteiger partial charge in [0.1, 0.15) is 5.65 Å². The summed E-state index contributed by atoms with van der Waals surface area (Å²) in [6.07, 6.45) is -1.63. The van der Waals surface area contributed by atoms with Crippen molar-refractivity contribution in [3.05, 3.63) is 54.4 Å². The van der Waals surface area contributed by atoms with Crippen LogP contribution in [0.5, 0.6) is 0 Å². The first-order chi connectivity index (χ1) is 12.2. The number of benzene rings is 1. The molecule has 0 unspecified atom stereocenters. The summed E-state index contributed by atoms with van der Waals surface area (Å²) in [4.78, 5) is 4.30. The van der Waals surface area contributed by atoms with Crippen molar-refractivity contribution >= 4 is 15.5 Å². The number of nitrogens with zero attached hydrogens (tertiary/aromatic N) is 2. The van der Waals surface area contributed by atoms with Crippen LogP contribution in [0.1, 0.15) is 12.5 Å². The van der Waals surface area contributed by atoms with Crippen LogP contribution >= 0.6 is 0 Å². The fourth-order valence-electron chi connectivity index (χ4n) is 2.55. The second kappa shape index (κ2) is 6.39. The van der Waals surface area contributed by atoms with Gasteiger partial charge in [-0.15, -0.1) is 0 Å². The van der Waals surface area contributed by atoms with E-state index in [1.165, 1.54) is 29.7 Å². The minimum atomic E-state index is -4.29. The zero-order valence-corrected chi connectivity index (χ0v) is 14.4. The first-order valence-corrected chi connectivity index (χ1v) is 9.29. The van der Waals surface area contributed by atoms with Crippen LogP contribution in [-0.2, 0) is 15.8 Å². The Morgan fingerprint density at radius 2 is 1.81 bits per heavy atom. The Kier molecular flexibility index (Phi) is 4.51. The summed E-state index contributed by atoms with van der Waals surface area (Å²) in [5, 5.41) is 0. The first kappa shape index (κ1) is 18.4. The summed E-state index contributed by atoms with van der Waals surface area (Å²) in [6.45, 7) is 1.51. The van der Waals surface area contributed by atoms with E-state index in [1.807, 2.05) is 0 Å². The fraction of sp³-hybridized carbons (Fsp3) is 0.235. The quantitative estimate of drug-likeness (QED) is 0.619. The molecule has 0 radical (unpaired) electrons. The lowest BCUT2D eigenvalue weighted by Gasteiger charge is -2.15. The molecule has 0 atom stereocenters. The Morgan fingerprint density at radius 3 is 2.46 bits per heavy atom. The normalized spacial score (nSPS) is 12.8. The van der Waals surface area contributed by atoms with Gasteiger partial charge in [0.25, 0.3) is 0 Å². The lowest BCUT2D eigenvalue weighted by atomic mass is 10.1. The molecule has 138 valence electrons. The van der Waals surface area contributed by atoms with Crippen LogP contribution in [-0.4, -0.2) is 30.0 Å². The molecule has 9 heteroatoms. The van der Waals surface area contributed by atoms with Crippen molar-refractivity contribution in [2.75, 3.05) is 5.75 Å². The molecule has 26 heavy (non-hydrogen) atoms. The highest BCUT2D eigenvalue weighted by atomic mass is 32.2. The molecule has 0 fully saturated rings. The lowest BCUT2D eigenvalue weighted by molar-refractivity contribution is -0.135. The third-order valence-corrected chi connectivity index (χ3v) is 5.77. The monoisotopic (exact) mass is 386 g/mol. The highest BCUT2D eigenvalue weighted by molar-refractivity contribution is 7.91. The summed E-state index contributed by atoms with van der Waals surface area (Å²) < 4.78 is 77.9. The molecule has 1 aromatic carbocycles. The van der Waals surface area contributed by atoms with E-state index in [1.54, 1.807) is 18.2 Å². The molecular weight excluding hydrogens is 372 g/mol. The van der Waals surface area contributed by atoms with Gasteiger partial charge in [-0.25, -0.2) is 22.2 Å². The summed E-state index contributed by atoms with van der Waals surface area (Å²) in [5.74, 6) is -4.40. The number of hydrogen-bond acceptors (Lipinski definition) is 3. The number of imidazole rings is 1. The topological polar surface area (TPSA) is 51.4 Å². The van der Waals surface area contributed by atoms with Crippen molar-refractivity contribution < 1.29 is 26.0 Å². The second-order valence-electron chi connectivity index (χ2n) is 5.63. The number of aromatic nitrogens is 2. The summed E-state index contributed by atoms with van der Waals surface area (Å²) in [7, 11) is -3.53. The van der Waals surface area contributed by atoms with Crippen molar-refractivity contribution in [2.24, 2.45) is 0 Å². The number of pyridine rings is 1. The van der Waals surface area contributed by atoms with E-state index in [0.717, 1.165) is 12.3 Å². The Bertz CT molecular complexity index is 1060. The maximum atomic E-state index is 13.5. The van der Waals surface area contributed by atoms with E-state index in [-0.39, 0.29) is 22.0 Å². The summed E-state index contributed by atoms with van der Waals surface area (Å²) >= 11 is 0. The van der Waals surface area contributed by atoms with E-state index in [9.17, 15) is 26.0 Å². The predicted octanol–water partition coefficient (Wildman–Crippen LogP) is 4.15. The zero-order valence-electron chi connectivity index (χ0n) is 13.5. The van der Waals surface area contributed by atoms with Gasteiger partial charge in [0.15, 0.2) is 9.84 Å². The molecule has 0 aliphatic rings. The number of rotatable bonds is 5. The molecule has 0 bridgehead atoms. The molecule has 0 spiro atoms.